The summed E-state index contributed by atoms with van der Waals surface area (Å²) in [5.74, 6) is 0.702. The Kier molecular flexibility index (Phi) is 4.24. The van der Waals surface area contributed by atoms with Crippen LogP contribution in [0.3, 0.4) is 0 Å². The fraction of sp³-hybridized carbons (Fsp3) is 0.462. The van der Waals surface area contributed by atoms with Crippen LogP contribution in [-0.2, 0) is 4.79 Å². The van der Waals surface area contributed by atoms with Crippen LogP contribution >= 0.6 is 15.9 Å². The lowest BCUT2D eigenvalue weighted by Gasteiger charge is -2.21. The lowest BCUT2D eigenvalue weighted by molar-refractivity contribution is -0.136. The molecule has 2 rings (SSSR count). The molecule has 0 aromatic heterocycles. The standard InChI is InChI=1S/C13H17BrN2O2/c1-9(13(17)16-7-6-11(15)8-16)18-12-4-2-10(14)3-5-12/h2-5,9,11H,6-8,15H2,1H3/t9?,11-/m0/s1. The van der Waals surface area contributed by atoms with Crippen molar-refractivity contribution in [2.45, 2.75) is 25.5 Å². The van der Waals surface area contributed by atoms with Gasteiger partial charge in [-0.1, -0.05) is 15.9 Å². The molecule has 4 nitrogen and oxygen atoms in total. The van der Waals surface area contributed by atoms with Gasteiger partial charge < -0.3 is 15.4 Å². The maximum atomic E-state index is 12.1. The van der Waals surface area contributed by atoms with Crippen molar-refractivity contribution in [1.29, 1.82) is 0 Å². The predicted molar refractivity (Wildman–Crippen MR) is 73.4 cm³/mol. The molecule has 1 saturated heterocycles. The molecule has 0 spiro atoms. The molecule has 0 aliphatic carbocycles. The zero-order valence-electron chi connectivity index (χ0n) is 10.3. The van der Waals surface area contributed by atoms with Gasteiger partial charge in [0.1, 0.15) is 5.75 Å². The second-order valence-corrected chi connectivity index (χ2v) is 5.46. The van der Waals surface area contributed by atoms with Gasteiger partial charge in [0.05, 0.1) is 0 Å². The summed E-state index contributed by atoms with van der Waals surface area (Å²) >= 11 is 3.36. The highest BCUT2D eigenvalue weighted by Gasteiger charge is 2.28. The number of rotatable bonds is 3. The molecule has 1 fully saturated rings. The number of benzene rings is 1. The van der Waals surface area contributed by atoms with Gasteiger partial charge in [-0.25, -0.2) is 0 Å². The molecule has 0 radical (unpaired) electrons. The Hall–Kier alpha value is -1.07. The smallest absolute Gasteiger partial charge is 0.263 e. The number of carbonyl (C=O) groups is 1. The van der Waals surface area contributed by atoms with Crippen LogP contribution in [0.25, 0.3) is 0 Å². The molecule has 18 heavy (non-hydrogen) atoms. The molecule has 1 aromatic carbocycles. The summed E-state index contributed by atoms with van der Waals surface area (Å²) in [6, 6.07) is 7.55. The predicted octanol–water partition coefficient (Wildman–Crippen LogP) is 1.78. The maximum absolute atomic E-state index is 12.1. The summed E-state index contributed by atoms with van der Waals surface area (Å²) in [5, 5.41) is 0. The third-order valence-corrected chi connectivity index (χ3v) is 3.54. The molecule has 1 heterocycles. The molecule has 1 amide bonds. The van der Waals surface area contributed by atoms with Crippen LogP contribution in [0.15, 0.2) is 28.7 Å². The number of amides is 1. The number of carbonyl (C=O) groups excluding carboxylic acids is 1. The van der Waals surface area contributed by atoms with E-state index < -0.39 is 6.10 Å². The quantitative estimate of drug-likeness (QED) is 0.925. The van der Waals surface area contributed by atoms with E-state index in [-0.39, 0.29) is 11.9 Å². The first kappa shape index (κ1) is 13.4. The second kappa shape index (κ2) is 5.71. The number of halogens is 1. The van der Waals surface area contributed by atoms with Crippen molar-refractivity contribution in [3.8, 4) is 5.75 Å². The third kappa shape index (κ3) is 3.23. The summed E-state index contributed by atoms with van der Waals surface area (Å²) in [5.41, 5.74) is 5.79. The van der Waals surface area contributed by atoms with Crippen molar-refractivity contribution in [2.24, 2.45) is 5.73 Å². The molecule has 0 bridgehead atoms. The summed E-state index contributed by atoms with van der Waals surface area (Å²) in [6.07, 6.45) is 0.396. The van der Waals surface area contributed by atoms with E-state index >= 15 is 0 Å². The third-order valence-electron chi connectivity index (χ3n) is 3.01. The number of nitrogens with zero attached hydrogens (tertiary/aromatic N) is 1. The maximum Gasteiger partial charge on any atom is 0.263 e. The highest BCUT2D eigenvalue weighted by molar-refractivity contribution is 9.10. The van der Waals surface area contributed by atoms with Crippen LogP contribution in [0, 0.1) is 0 Å². The lowest BCUT2D eigenvalue weighted by Crippen LogP contribution is -2.40. The highest BCUT2D eigenvalue weighted by Crippen LogP contribution is 2.18. The van der Waals surface area contributed by atoms with Gasteiger partial charge >= 0.3 is 0 Å². The largest absolute Gasteiger partial charge is 0.481 e. The Morgan fingerprint density at radius 2 is 2.17 bits per heavy atom. The molecule has 1 aliphatic rings. The van der Waals surface area contributed by atoms with Gasteiger partial charge in [-0.05, 0) is 37.6 Å². The van der Waals surface area contributed by atoms with Crippen LogP contribution < -0.4 is 10.5 Å². The summed E-state index contributed by atoms with van der Waals surface area (Å²) in [6.45, 7) is 3.13. The number of hydrogen-bond acceptors (Lipinski definition) is 3. The molecular weight excluding hydrogens is 296 g/mol. The Morgan fingerprint density at radius 1 is 1.50 bits per heavy atom. The first-order valence-corrected chi connectivity index (χ1v) is 6.82. The van der Waals surface area contributed by atoms with E-state index in [1.807, 2.05) is 24.3 Å². The van der Waals surface area contributed by atoms with Crippen LogP contribution in [0.1, 0.15) is 13.3 Å². The van der Waals surface area contributed by atoms with Crippen molar-refractivity contribution < 1.29 is 9.53 Å². The minimum absolute atomic E-state index is 0.00543. The highest BCUT2D eigenvalue weighted by atomic mass is 79.9. The van der Waals surface area contributed by atoms with Crippen molar-refractivity contribution in [1.82, 2.24) is 4.90 Å². The molecule has 2 atom stereocenters. The van der Waals surface area contributed by atoms with E-state index in [0.29, 0.717) is 12.3 Å². The molecule has 1 unspecified atom stereocenters. The fourth-order valence-electron chi connectivity index (χ4n) is 2.01. The summed E-state index contributed by atoms with van der Waals surface area (Å²) < 4.78 is 6.61. The number of likely N-dealkylation sites (tertiary alicyclic amines) is 1. The minimum Gasteiger partial charge on any atom is -0.481 e. The van der Waals surface area contributed by atoms with E-state index in [1.165, 1.54) is 0 Å². The zero-order chi connectivity index (χ0) is 13.1. The van der Waals surface area contributed by atoms with E-state index in [4.69, 9.17) is 10.5 Å². The normalized spacial score (nSPS) is 20.8. The number of ether oxygens (including phenoxy) is 1. The molecule has 5 heteroatoms. The van der Waals surface area contributed by atoms with E-state index in [1.54, 1.807) is 11.8 Å². The van der Waals surface area contributed by atoms with Crippen molar-refractivity contribution in [2.75, 3.05) is 13.1 Å². The number of nitrogens with two attached hydrogens (primary N) is 1. The Morgan fingerprint density at radius 3 is 2.72 bits per heavy atom. The molecule has 0 saturated carbocycles. The van der Waals surface area contributed by atoms with Gasteiger partial charge in [-0.2, -0.15) is 0 Å². The van der Waals surface area contributed by atoms with Gasteiger partial charge in [0.25, 0.3) is 5.91 Å². The molecular formula is C13H17BrN2O2. The first-order chi connectivity index (χ1) is 8.56. The average Bonchev–Trinajstić information content (AvgIpc) is 2.78. The zero-order valence-corrected chi connectivity index (χ0v) is 11.9. The van der Waals surface area contributed by atoms with Gasteiger partial charge in [0, 0.05) is 23.6 Å². The minimum atomic E-state index is -0.475. The Balaban J connectivity index is 1.93. The van der Waals surface area contributed by atoms with Crippen LogP contribution in [0.4, 0.5) is 0 Å². The van der Waals surface area contributed by atoms with Gasteiger partial charge in [-0.15, -0.1) is 0 Å². The molecule has 1 aromatic rings. The van der Waals surface area contributed by atoms with Gasteiger partial charge in [0.2, 0.25) is 0 Å². The second-order valence-electron chi connectivity index (χ2n) is 4.55. The number of hydrogen-bond donors (Lipinski definition) is 1. The summed E-state index contributed by atoms with van der Waals surface area (Å²) in [7, 11) is 0. The molecule has 1 aliphatic heterocycles. The average molecular weight is 313 g/mol. The van der Waals surface area contributed by atoms with E-state index in [9.17, 15) is 4.79 Å². The summed E-state index contributed by atoms with van der Waals surface area (Å²) in [4.78, 5) is 13.9. The SMILES string of the molecule is CC(Oc1ccc(Br)cc1)C(=O)N1CC[C@H](N)C1. The molecule has 2 N–H and O–H groups in total. The van der Waals surface area contributed by atoms with Crippen molar-refractivity contribution in [3.63, 3.8) is 0 Å². The monoisotopic (exact) mass is 312 g/mol. The van der Waals surface area contributed by atoms with Crippen LogP contribution in [-0.4, -0.2) is 36.0 Å². The topological polar surface area (TPSA) is 55.6 Å². The van der Waals surface area contributed by atoms with Gasteiger partial charge in [0.15, 0.2) is 6.10 Å². The van der Waals surface area contributed by atoms with E-state index in [0.717, 1.165) is 17.4 Å². The fourth-order valence-corrected chi connectivity index (χ4v) is 2.28. The lowest BCUT2D eigenvalue weighted by atomic mass is 10.3. The van der Waals surface area contributed by atoms with Crippen LogP contribution in [0.5, 0.6) is 5.75 Å². The van der Waals surface area contributed by atoms with Crippen molar-refractivity contribution in [3.05, 3.63) is 28.7 Å². The van der Waals surface area contributed by atoms with Crippen molar-refractivity contribution >= 4 is 21.8 Å². The Bertz CT molecular complexity index is 422. The molecule has 98 valence electrons. The van der Waals surface area contributed by atoms with E-state index in [2.05, 4.69) is 15.9 Å². The van der Waals surface area contributed by atoms with Gasteiger partial charge in [-0.3, -0.25) is 4.79 Å². The Labute approximate surface area is 115 Å². The van der Waals surface area contributed by atoms with Crippen LogP contribution in [0.2, 0.25) is 0 Å². The first-order valence-electron chi connectivity index (χ1n) is 6.03.